The molecule has 6 nitrogen and oxygen atoms in total. The molecule has 2 aliphatic rings. The van der Waals surface area contributed by atoms with Crippen molar-refractivity contribution >= 4 is 17.9 Å². The van der Waals surface area contributed by atoms with E-state index >= 15 is 0 Å². The summed E-state index contributed by atoms with van der Waals surface area (Å²) in [4.78, 5) is 28.4. The third kappa shape index (κ3) is 2.65. The van der Waals surface area contributed by atoms with Crippen molar-refractivity contribution in [2.24, 2.45) is 12.5 Å². The van der Waals surface area contributed by atoms with Crippen LogP contribution in [0.15, 0.2) is 18.5 Å². The summed E-state index contributed by atoms with van der Waals surface area (Å²) in [7, 11) is 3.70. The molecule has 2 saturated heterocycles. The highest BCUT2D eigenvalue weighted by molar-refractivity contribution is 5.93. The van der Waals surface area contributed by atoms with E-state index in [1.807, 2.05) is 25.2 Å². The lowest BCUT2D eigenvalue weighted by atomic mass is 9.78. The van der Waals surface area contributed by atoms with Crippen molar-refractivity contribution in [1.82, 2.24) is 19.6 Å². The summed E-state index contributed by atoms with van der Waals surface area (Å²) in [5, 5.41) is 4.07. The zero-order valence-electron chi connectivity index (χ0n) is 13.2. The molecule has 118 valence electrons. The molecule has 0 N–H and O–H groups in total. The number of hydrogen-bond donors (Lipinski definition) is 0. The molecular formula is C16H22N4O2. The highest BCUT2D eigenvalue weighted by Crippen LogP contribution is 2.39. The Morgan fingerprint density at radius 3 is 2.86 bits per heavy atom. The molecule has 0 aromatic carbocycles. The Hall–Kier alpha value is -2.11. The van der Waals surface area contributed by atoms with Crippen molar-refractivity contribution in [3.63, 3.8) is 0 Å². The fraction of sp³-hybridized carbons (Fsp3) is 0.562. The van der Waals surface area contributed by atoms with Crippen LogP contribution < -0.4 is 0 Å². The smallest absolute Gasteiger partial charge is 0.246 e. The average Bonchev–Trinajstić information content (AvgIpc) is 3.10. The molecule has 0 bridgehead atoms. The summed E-state index contributed by atoms with van der Waals surface area (Å²) in [5.74, 6) is 0.173. The maximum atomic E-state index is 12.5. The maximum Gasteiger partial charge on any atom is 0.246 e. The van der Waals surface area contributed by atoms with Crippen LogP contribution >= 0.6 is 0 Å². The zero-order chi connectivity index (χ0) is 15.7. The number of aromatic nitrogens is 2. The number of carbonyl (C=O) groups is 2. The van der Waals surface area contributed by atoms with E-state index in [2.05, 4.69) is 5.10 Å². The van der Waals surface area contributed by atoms with E-state index in [4.69, 9.17) is 0 Å². The number of amides is 2. The van der Waals surface area contributed by atoms with Crippen molar-refractivity contribution in [3.8, 4) is 0 Å². The molecule has 1 spiro atoms. The second kappa shape index (κ2) is 5.59. The summed E-state index contributed by atoms with van der Waals surface area (Å²) in [6.07, 6.45) is 9.62. The Labute approximate surface area is 130 Å². The summed E-state index contributed by atoms with van der Waals surface area (Å²) >= 11 is 0. The Morgan fingerprint density at radius 1 is 1.32 bits per heavy atom. The van der Waals surface area contributed by atoms with Gasteiger partial charge >= 0.3 is 0 Å². The minimum Gasteiger partial charge on any atom is -0.345 e. The summed E-state index contributed by atoms with van der Waals surface area (Å²) in [5.41, 5.74) is 0.559. The van der Waals surface area contributed by atoms with Gasteiger partial charge in [-0.05, 0) is 25.3 Å². The van der Waals surface area contributed by atoms with Crippen LogP contribution in [0.3, 0.4) is 0 Å². The molecule has 6 heteroatoms. The van der Waals surface area contributed by atoms with Gasteiger partial charge in [0, 0.05) is 51.6 Å². The van der Waals surface area contributed by atoms with Crippen LogP contribution in [0.5, 0.6) is 0 Å². The summed E-state index contributed by atoms with van der Waals surface area (Å²) in [6.45, 7) is 2.04. The number of aryl methyl sites for hydroxylation is 1. The molecule has 1 atom stereocenters. The van der Waals surface area contributed by atoms with Crippen molar-refractivity contribution in [2.45, 2.75) is 19.3 Å². The van der Waals surface area contributed by atoms with Crippen LogP contribution in [-0.4, -0.2) is 58.1 Å². The first-order valence-electron chi connectivity index (χ1n) is 7.71. The van der Waals surface area contributed by atoms with Gasteiger partial charge in [0.1, 0.15) is 0 Å². The third-order valence-electron chi connectivity index (χ3n) is 4.76. The van der Waals surface area contributed by atoms with Crippen molar-refractivity contribution in [2.75, 3.05) is 26.7 Å². The molecule has 3 rings (SSSR count). The first-order valence-corrected chi connectivity index (χ1v) is 7.71. The van der Waals surface area contributed by atoms with Crippen LogP contribution in [0.1, 0.15) is 24.8 Å². The van der Waals surface area contributed by atoms with E-state index in [0.717, 1.165) is 31.4 Å². The molecule has 0 aliphatic carbocycles. The number of rotatable bonds is 2. The van der Waals surface area contributed by atoms with Crippen LogP contribution in [0, 0.1) is 5.41 Å². The van der Waals surface area contributed by atoms with E-state index in [9.17, 15) is 9.59 Å². The number of carbonyl (C=O) groups excluding carboxylic acids is 2. The highest BCUT2D eigenvalue weighted by atomic mass is 16.2. The number of nitrogens with zero attached hydrogens (tertiary/aromatic N) is 4. The molecule has 0 saturated carbocycles. The second-order valence-electron chi connectivity index (χ2n) is 6.40. The predicted octanol–water partition coefficient (Wildman–Crippen LogP) is 0.904. The Kier molecular flexibility index (Phi) is 3.76. The molecule has 0 radical (unpaired) electrons. The SMILES string of the molecule is CN1CCC[C@@]2(CCN(C(=O)/C=C/c3cnn(C)c3)C2)C1=O. The van der Waals surface area contributed by atoms with E-state index in [1.54, 1.807) is 27.9 Å². The minimum atomic E-state index is -0.342. The molecular weight excluding hydrogens is 280 g/mol. The van der Waals surface area contributed by atoms with Gasteiger partial charge in [0.25, 0.3) is 0 Å². The number of piperidine rings is 1. The molecule has 2 aliphatic heterocycles. The van der Waals surface area contributed by atoms with E-state index in [0.29, 0.717) is 13.1 Å². The standard InChI is InChI=1S/C16H22N4O2/c1-18-8-3-6-16(15(18)22)7-9-20(12-16)14(21)5-4-13-10-17-19(2)11-13/h4-5,10-11H,3,6-9,12H2,1-2H3/b5-4+/t16-/m0/s1. The van der Waals surface area contributed by atoms with Gasteiger partial charge in [-0.1, -0.05) is 0 Å². The van der Waals surface area contributed by atoms with Gasteiger partial charge in [-0.15, -0.1) is 0 Å². The number of likely N-dealkylation sites (tertiary alicyclic amines) is 2. The first kappa shape index (κ1) is 14.8. The predicted molar refractivity (Wildman–Crippen MR) is 82.7 cm³/mol. The lowest BCUT2D eigenvalue weighted by Gasteiger charge is -2.37. The van der Waals surface area contributed by atoms with Gasteiger partial charge in [0.05, 0.1) is 11.6 Å². The van der Waals surface area contributed by atoms with Crippen LogP contribution in [0.25, 0.3) is 6.08 Å². The van der Waals surface area contributed by atoms with Crippen molar-refractivity contribution in [3.05, 3.63) is 24.0 Å². The average molecular weight is 302 g/mol. The molecule has 0 unspecified atom stereocenters. The molecule has 1 aromatic heterocycles. The van der Waals surface area contributed by atoms with Crippen molar-refractivity contribution < 1.29 is 9.59 Å². The summed E-state index contributed by atoms with van der Waals surface area (Å²) < 4.78 is 1.70. The molecule has 1 aromatic rings. The highest BCUT2D eigenvalue weighted by Gasteiger charge is 2.48. The van der Waals surface area contributed by atoms with Crippen LogP contribution in [0.4, 0.5) is 0 Å². The Bertz CT molecular complexity index is 621. The van der Waals surface area contributed by atoms with Gasteiger partial charge in [-0.25, -0.2) is 0 Å². The number of hydrogen-bond acceptors (Lipinski definition) is 3. The van der Waals surface area contributed by atoms with Gasteiger partial charge in [0.15, 0.2) is 0 Å². The topological polar surface area (TPSA) is 58.4 Å². The zero-order valence-corrected chi connectivity index (χ0v) is 13.2. The van der Waals surface area contributed by atoms with Crippen LogP contribution in [0.2, 0.25) is 0 Å². The Balaban J connectivity index is 1.66. The lowest BCUT2D eigenvalue weighted by Crippen LogP contribution is -2.48. The second-order valence-corrected chi connectivity index (χ2v) is 6.40. The van der Waals surface area contributed by atoms with Crippen LogP contribution in [-0.2, 0) is 16.6 Å². The van der Waals surface area contributed by atoms with Gasteiger partial charge < -0.3 is 9.80 Å². The molecule has 2 amide bonds. The molecule has 22 heavy (non-hydrogen) atoms. The fourth-order valence-corrected chi connectivity index (χ4v) is 3.51. The summed E-state index contributed by atoms with van der Waals surface area (Å²) in [6, 6.07) is 0. The first-order chi connectivity index (χ1) is 10.5. The van der Waals surface area contributed by atoms with Gasteiger partial charge in [-0.3, -0.25) is 14.3 Å². The van der Waals surface area contributed by atoms with E-state index in [1.165, 1.54) is 0 Å². The lowest BCUT2D eigenvalue weighted by molar-refractivity contribution is -0.144. The Morgan fingerprint density at radius 2 is 2.14 bits per heavy atom. The quantitative estimate of drug-likeness (QED) is 0.763. The fourth-order valence-electron chi connectivity index (χ4n) is 3.51. The molecule has 2 fully saturated rings. The normalized spacial score (nSPS) is 25.6. The largest absolute Gasteiger partial charge is 0.345 e. The molecule has 3 heterocycles. The monoisotopic (exact) mass is 302 g/mol. The minimum absolute atomic E-state index is 0.0262. The van der Waals surface area contributed by atoms with E-state index in [-0.39, 0.29) is 17.2 Å². The van der Waals surface area contributed by atoms with Gasteiger partial charge in [-0.2, -0.15) is 5.10 Å². The van der Waals surface area contributed by atoms with Crippen molar-refractivity contribution in [1.29, 1.82) is 0 Å². The van der Waals surface area contributed by atoms with Gasteiger partial charge in [0.2, 0.25) is 11.8 Å². The third-order valence-corrected chi connectivity index (χ3v) is 4.76. The van der Waals surface area contributed by atoms with E-state index < -0.39 is 0 Å². The maximum absolute atomic E-state index is 12.5.